The van der Waals surface area contributed by atoms with Crippen molar-refractivity contribution in [3.05, 3.63) is 66.9 Å². The summed E-state index contributed by atoms with van der Waals surface area (Å²) in [4.78, 5) is 15.3. The molecule has 1 aromatic heterocycles. The molecule has 1 heterocycles. The molecule has 1 N–H and O–H groups in total. The third-order valence-corrected chi connectivity index (χ3v) is 5.88. The van der Waals surface area contributed by atoms with Gasteiger partial charge in [0.25, 0.3) is 0 Å². The van der Waals surface area contributed by atoms with Gasteiger partial charge in [-0.2, -0.15) is 0 Å². The molecule has 8 heteroatoms. The molecule has 0 spiro atoms. The Morgan fingerprint density at radius 3 is 2.64 bits per heavy atom. The van der Waals surface area contributed by atoms with Crippen molar-refractivity contribution >= 4 is 15.9 Å². The molecule has 1 aromatic carbocycles. The lowest BCUT2D eigenvalue weighted by Gasteiger charge is -2.17. The van der Waals surface area contributed by atoms with E-state index in [1.54, 1.807) is 6.07 Å². The fraction of sp³-hybridized carbons (Fsp3) is 0.300. The highest BCUT2D eigenvalue weighted by molar-refractivity contribution is 7.89. The minimum atomic E-state index is -3.64. The second kappa shape index (κ2) is 10.6. The molecule has 0 aliphatic rings. The molecular formula is C20H25N3O4S. The van der Waals surface area contributed by atoms with Crippen LogP contribution in [0, 0.1) is 0 Å². The van der Waals surface area contributed by atoms with Gasteiger partial charge in [-0.3, -0.25) is 4.79 Å². The monoisotopic (exact) mass is 403 g/mol. The normalized spacial score (nSPS) is 11.2. The van der Waals surface area contributed by atoms with Crippen molar-refractivity contribution in [2.45, 2.75) is 17.7 Å². The number of nitrogens with zero attached hydrogens (tertiary/aromatic N) is 2. The standard InChI is InChI=1S/C20H25N3O4S/c1-3-19(24)21-13-7-14-23(2)28(25,26)18-10-11-20(22-16-18)27-15-12-17-8-5-4-6-9-17/h3-6,8-11,16H,1,7,12-15H2,2H3,(H,21,24). The van der Waals surface area contributed by atoms with Crippen LogP contribution in [0.1, 0.15) is 12.0 Å². The molecule has 2 rings (SSSR count). The Hall–Kier alpha value is -2.71. The Morgan fingerprint density at radius 2 is 2.00 bits per heavy atom. The van der Waals surface area contributed by atoms with Crippen LogP contribution < -0.4 is 10.1 Å². The van der Waals surface area contributed by atoms with Crippen LogP contribution in [0.2, 0.25) is 0 Å². The van der Waals surface area contributed by atoms with Crippen molar-refractivity contribution < 1.29 is 17.9 Å². The van der Waals surface area contributed by atoms with Crippen molar-refractivity contribution in [3.63, 3.8) is 0 Å². The number of ether oxygens (including phenoxy) is 1. The first-order chi connectivity index (χ1) is 13.4. The van der Waals surface area contributed by atoms with Gasteiger partial charge in [0.05, 0.1) is 12.8 Å². The van der Waals surface area contributed by atoms with Crippen LogP contribution in [-0.4, -0.2) is 50.4 Å². The van der Waals surface area contributed by atoms with Crippen molar-refractivity contribution in [3.8, 4) is 5.88 Å². The van der Waals surface area contributed by atoms with Gasteiger partial charge in [-0.1, -0.05) is 36.9 Å². The fourth-order valence-corrected chi connectivity index (χ4v) is 3.56. The zero-order valence-electron chi connectivity index (χ0n) is 15.9. The van der Waals surface area contributed by atoms with E-state index in [9.17, 15) is 13.2 Å². The lowest BCUT2D eigenvalue weighted by atomic mass is 10.2. The molecule has 0 atom stereocenters. The van der Waals surface area contributed by atoms with E-state index >= 15 is 0 Å². The van der Waals surface area contributed by atoms with E-state index in [1.807, 2.05) is 30.3 Å². The van der Waals surface area contributed by atoms with Crippen molar-refractivity contribution in [2.24, 2.45) is 0 Å². The number of nitrogens with one attached hydrogen (secondary N) is 1. The van der Waals surface area contributed by atoms with Crippen LogP contribution in [0.4, 0.5) is 0 Å². The van der Waals surface area contributed by atoms with E-state index in [0.717, 1.165) is 12.0 Å². The highest BCUT2D eigenvalue weighted by Crippen LogP contribution is 2.16. The minimum absolute atomic E-state index is 0.0977. The molecule has 7 nitrogen and oxygen atoms in total. The molecule has 150 valence electrons. The number of benzene rings is 1. The molecule has 0 radical (unpaired) electrons. The molecule has 0 fully saturated rings. The molecule has 2 aromatic rings. The summed E-state index contributed by atoms with van der Waals surface area (Å²) in [6, 6.07) is 13.0. The summed E-state index contributed by atoms with van der Waals surface area (Å²) in [5.41, 5.74) is 1.16. The number of aromatic nitrogens is 1. The SMILES string of the molecule is C=CC(=O)NCCCN(C)S(=O)(=O)c1ccc(OCCc2ccccc2)nc1. The third-order valence-electron chi connectivity index (χ3n) is 4.04. The number of carbonyl (C=O) groups excluding carboxylic acids is 1. The van der Waals surface area contributed by atoms with Gasteiger partial charge in [0, 0.05) is 32.6 Å². The summed E-state index contributed by atoms with van der Waals surface area (Å²) < 4.78 is 32.0. The van der Waals surface area contributed by atoms with E-state index in [4.69, 9.17) is 4.74 Å². The van der Waals surface area contributed by atoms with E-state index in [0.29, 0.717) is 25.5 Å². The Balaban J connectivity index is 1.84. The topological polar surface area (TPSA) is 88.6 Å². The maximum Gasteiger partial charge on any atom is 0.244 e. The predicted molar refractivity (Wildman–Crippen MR) is 108 cm³/mol. The number of amides is 1. The Morgan fingerprint density at radius 1 is 1.25 bits per heavy atom. The van der Waals surface area contributed by atoms with Crippen LogP contribution in [0.15, 0.2) is 66.2 Å². The van der Waals surface area contributed by atoms with E-state index in [-0.39, 0.29) is 17.3 Å². The summed E-state index contributed by atoms with van der Waals surface area (Å²) in [5.74, 6) is 0.0993. The quantitative estimate of drug-likeness (QED) is 0.458. The van der Waals surface area contributed by atoms with Crippen molar-refractivity contribution in [1.82, 2.24) is 14.6 Å². The number of rotatable bonds is 11. The van der Waals surface area contributed by atoms with Gasteiger partial charge < -0.3 is 10.1 Å². The van der Waals surface area contributed by atoms with Gasteiger partial charge in [0.2, 0.25) is 21.8 Å². The Kier molecular flexibility index (Phi) is 8.16. The molecule has 28 heavy (non-hydrogen) atoms. The smallest absolute Gasteiger partial charge is 0.244 e. The summed E-state index contributed by atoms with van der Waals surface area (Å²) in [6.45, 7) is 4.46. The number of carbonyl (C=O) groups is 1. The molecule has 1 amide bonds. The molecule has 0 unspecified atom stereocenters. The van der Waals surface area contributed by atoms with Crippen LogP contribution in [-0.2, 0) is 21.2 Å². The second-order valence-electron chi connectivity index (χ2n) is 6.09. The first-order valence-corrected chi connectivity index (χ1v) is 10.4. The van der Waals surface area contributed by atoms with Gasteiger partial charge in [-0.15, -0.1) is 0 Å². The van der Waals surface area contributed by atoms with Crippen LogP contribution in [0.25, 0.3) is 0 Å². The van der Waals surface area contributed by atoms with Crippen molar-refractivity contribution in [1.29, 1.82) is 0 Å². The number of sulfonamides is 1. The lowest BCUT2D eigenvalue weighted by Crippen LogP contribution is -2.31. The molecular weight excluding hydrogens is 378 g/mol. The number of hydrogen-bond donors (Lipinski definition) is 1. The van der Waals surface area contributed by atoms with Gasteiger partial charge in [-0.25, -0.2) is 17.7 Å². The van der Waals surface area contributed by atoms with E-state index < -0.39 is 10.0 Å². The van der Waals surface area contributed by atoms with Crippen molar-refractivity contribution in [2.75, 3.05) is 26.7 Å². The van der Waals surface area contributed by atoms with Gasteiger partial charge >= 0.3 is 0 Å². The molecule has 0 bridgehead atoms. The first kappa shape index (κ1) is 21.6. The number of pyridine rings is 1. The lowest BCUT2D eigenvalue weighted by molar-refractivity contribution is -0.116. The van der Waals surface area contributed by atoms with Gasteiger partial charge in [0.15, 0.2) is 0 Å². The first-order valence-electron chi connectivity index (χ1n) is 8.93. The van der Waals surface area contributed by atoms with E-state index in [1.165, 1.54) is 29.7 Å². The summed E-state index contributed by atoms with van der Waals surface area (Å²) in [7, 11) is -2.15. The highest BCUT2D eigenvalue weighted by atomic mass is 32.2. The Bertz CT molecular complexity index is 868. The largest absolute Gasteiger partial charge is 0.477 e. The third kappa shape index (κ3) is 6.47. The predicted octanol–water partition coefficient (Wildman–Crippen LogP) is 2.02. The van der Waals surface area contributed by atoms with E-state index in [2.05, 4.69) is 16.9 Å². The summed E-state index contributed by atoms with van der Waals surface area (Å²) >= 11 is 0. The molecule has 0 aliphatic heterocycles. The van der Waals surface area contributed by atoms with Gasteiger partial charge in [-0.05, 0) is 24.1 Å². The minimum Gasteiger partial charge on any atom is -0.477 e. The molecule has 0 saturated carbocycles. The fourth-order valence-electron chi connectivity index (χ4n) is 2.41. The van der Waals surface area contributed by atoms with Crippen LogP contribution in [0.3, 0.4) is 0 Å². The zero-order chi connectivity index (χ0) is 20.4. The summed E-state index contributed by atoms with van der Waals surface area (Å²) in [5, 5.41) is 2.61. The average Bonchev–Trinajstić information content (AvgIpc) is 2.72. The maximum atomic E-state index is 12.6. The second-order valence-corrected chi connectivity index (χ2v) is 8.14. The summed E-state index contributed by atoms with van der Waals surface area (Å²) in [6.07, 6.45) is 3.70. The Labute approximate surface area is 166 Å². The molecule has 0 aliphatic carbocycles. The van der Waals surface area contributed by atoms with Gasteiger partial charge in [0.1, 0.15) is 4.90 Å². The zero-order valence-corrected chi connectivity index (χ0v) is 16.7. The van der Waals surface area contributed by atoms with Crippen LogP contribution >= 0.6 is 0 Å². The average molecular weight is 404 g/mol. The van der Waals surface area contributed by atoms with Crippen LogP contribution in [0.5, 0.6) is 5.88 Å². The maximum absolute atomic E-state index is 12.6. The highest BCUT2D eigenvalue weighted by Gasteiger charge is 2.20. The number of hydrogen-bond acceptors (Lipinski definition) is 5. The molecule has 0 saturated heterocycles.